The van der Waals surface area contributed by atoms with Crippen LogP contribution in [0.3, 0.4) is 0 Å². The molecule has 0 bridgehead atoms. The molecular weight excluding hydrogens is 264 g/mol. The van der Waals surface area contributed by atoms with Gasteiger partial charge in [0.25, 0.3) is 5.91 Å². The number of nitrogens with zero attached hydrogens (tertiary/aromatic N) is 2. The van der Waals surface area contributed by atoms with Gasteiger partial charge in [0.15, 0.2) is 0 Å². The van der Waals surface area contributed by atoms with E-state index >= 15 is 0 Å². The van der Waals surface area contributed by atoms with E-state index in [1.165, 1.54) is 5.56 Å². The third kappa shape index (κ3) is 3.49. The van der Waals surface area contributed by atoms with Crippen LogP contribution in [-0.4, -0.2) is 41.6 Å². The van der Waals surface area contributed by atoms with Crippen molar-refractivity contribution in [1.82, 2.24) is 20.4 Å². The van der Waals surface area contributed by atoms with Crippen LogP contribution in [-0.2, 0) is 0 Å². The van der Waals surface area contributed by atoms with E-state index in [1.807, 2.05) is 46.1 Å². The van der Waals surface area contributed by atoms with Crippen molar-refractivity contribution in [3.8, 4) is 0 Å². The van der Waals surface area contributed by atoms with Crippen LogP contribution in [0.4, 0.5) is 0 Å². The number of benzene rings is 1. The van der Waals surface area contributed by atoms with E-state index in [0.29, 0.717) is 12.1 Å². The second kappa shape index (κ2) is 6.54. The van der Waals surface area contributed by atoms with Crippen LogP contribution in [0.1, 0.15) is 33.4 Å². The Kier molecular flexibility index (Phi) is 4.75. The van der Waals surface area contributed by atoms with Gasteiger partial charge in [0, 0.05) is 12.2 Å². The number of likely N-dealkylation sites (N-methyl/N-ethyl adjacent to an activating group) is 1. The lowest BCUT2D eigenvalue weighted by molar-refractivity contribution is 0.0941. The predicted molar refractivity (Wildman–Crippen MR) is 83.3 cm³/mol. The molecule has 2 rings (SSSR count). The number of aryl methyl sites for hydroxylation is 2. The smallest absolute Gasteiger partial charge is 0.255 e. The molecule has 0 spiro atoms. The molecule has 0 fully saturated rings. The highest BCUT2D eigenvalue weighted by molar-refractivity contribution is 5.96. The van der Waals surface area contributed by atoms with Crippen molar-refractivity contribution in [2.45, 2.75) is 19.9 Å². The summed E-state index contributed by atoms with van der Waals surface area (Å²) in [6.07, 6.45) is 0. The molecule has 1 atom stereocenters. The van der Waals surface area contributed by atoms with Crippen LogP contribution in [0.15, 0.2) is 30.3 Å². The van der Waals surface area contributed by atoms with Gasteiger partial charge in [-0.15, -0.1) is 0 Å². The zero-order valence-corrected chi connectivity index (χ0v) is 13.0. The lowest BCUT2D eigenvalue weighted by Gasteiger charge is -2.25. The topological polar surface area (TPSA) is 61.0 Å². The minimum atomic E-state index is -0.0819. The lowest BCUT2D eigenvalue weighted by Crippen LogP contribution is -2.34. The number of rotatable bonds is 5. The van der Waals surface area contributed by atoms with Crippen LogP contribution >= 0.6 is 0 Å². The minimum Gasteiger partial charge on any atom is -0.350 e. The van der Waals surface area contributed by atoms with Gasteiger partial charge in [0.1, 0.15) is 0 Å². The zero-order chi connectivity index (χ0) is 15.4. The summed E-state index contributed by atoms with van der Waals surface area (Å²) in [6, 6.07) is 10.3. The van der Waals surface area contributed by atoms with E-state index < -0.39 is 0 Å². The molecule has 1 amide bonds. The van der Waals surface area contributed by atoms with Crippen LogP contribution < -0.4 is 5.32 Å². The van der Waals surface area contributed by atoms with Gasteiger partial charge < -0.3 is 10.2 Å². The maximum absolute atomic E-state index is 12.3. The Hall–Kier alpha value is -2.14. The van der Waals surface area contributed by atoms with Crippen molar-refractivity contribution in [2.75, 3.05) is 20.6 Å². The largest absolute Gasteiger partial charge is 0.350 e. The van der Waals surface area contributed by atoms with E-state index in [1.54, 1.807) is 0 Å². The summed E-state index contributed by atoms with van der Waals surface area (Å²) >= 11 is 0. The first kappa shape index (κ1) is 15.3. The minimum absolute atomic E-state index is 0.0819. The first-order chi connectivity index (χ1) is 10.0. The Morgan fingerprint density at radius 1 is 1.29 bits per heavy atom. The number of amides is 1. The first-order valence-electron chi connectivity index (χ1n) is 7.02. The average molecular weight is 286 g/mol. The first-order valence-corrected chi connectivity index (χ1v) is 7.02. The van der Waals surface area contributed by atoms with Crippen LogP contribution in [0, 0.1) is 13.8 Å². The fourth-order valence-electron chi connectivity index (χ4n) is 2.44. The van der Waals surface area contributed by atoms with Crippen molar-refractivity contribution < 1.29 is 4.79 Å². The summed E-state index contributed by atoms with van der Waals surface area (Å²) in [5, 5.41) is 9.91. The van der Waals surface area contributed by atoms with E-state index in [9.17, 15) is 4.79 Å². The Bertz CT molecular complexity index is 584. The summed E-state index contributed by atoms with van der Waals surface area (Å²) in [5.74, 6) is -0.0819. The third-order valence-corrected chi connectivity index (χ3v) is 3.62. The fourth-order valence-corrected chi connectivity index (χ4v) is 2.44. The Morgan fingerprint density at radius 3 is 2.48 bits per heavy atom. The molecule has 0 aliphatic heterocycles. The highest BCUT2D eigenvalue weighted by Gasteiger charge is 2.18. The van der Waals surface area contributed by atoms with Crippen molar-refractivity contribution in [1.29, 1.82) is 0 Å². The molecule has 2 N–H and O–H groups in total. The SMILES string of the molecule is Cc1n[nH]c(C)c1C(=O)NCC(c1ccccc1)N(C)C. The molecule has 1 aromatic heterocycles. The number of hydrogen-bond donors (Lipinski definition) is 2. The summed E-state index contributed by atoms with van der Waals surface area (Å²) < 4.78 is 0. The number of carbonyl (C=O) groups is 1. The highest BCUT2D eigenvalue weighted by Crippen LogP contribution is 2.17. The van der Waals surface area contributed by atoms with Gasteiger partial charge in [-0.3, -0.25) is 9.89 Å². The molecule has 0 saturated heterocycles. The van der Waals surface area contributed by atoms with E-state index in [-0.39, 0.29) is 11.9 Å². The average Bonchev–Trinajstić information content (AvgIpc) is 2.79. The molecule has 1 heterocycles. The number of hydrogen-bond acceptors (Lipinski definition) is 3. The molecule has 21 heavy (non-hydrogen) atoms. The molecule has 0 saturated carbocycles. The second-order valence-electron chi connectivity index (χ2n) is 5.41. The van der Waals surface area contributed by atoms with Crippen molar-refractivity contribution in [3.63, 3.8) is 0 Å². The summed E-state index contributed by atoms with van der Waals surface area (Å²) in [4.78, 5) is 14.4. The Balaban J connectivity index is 2.08. The molecular formula is C16H22N4O. The molecule has 1 aromatic carbocycles. The number of carbonyl (C=O) groups excluding carboxylic acids is 1. The predicted octanol–water partition coefficient (Wildman–Crippen LogP) is 2.06. The van der Waals surface area contributed by atoms with Gasteiger partial charge in [-0.05, 0) is 33.5 Å². The highest BCUT2D eigenvalue weighted by atomic mass is 16.1. The molecule has 2 aromatic rings. The van der Waals surface area contributed by atoms with Crippen LogP contribution in [0.2, 0.25) is 0 Å². The number of aromatic nitrogens is 2. The van der Waals surface area contributed by atoms with E-state index in [2.05, 4.69) is 32.5 Å². The lowest BCUT2D eigenvalue weighted by atomic mass is 10.1. The van der Waals surface area contributed by atoms with E-state index in [0.717, 1.165) is 11.4 Å². The Labute approximate surface area is 125 Å². The molecule has 5 heteroatoms. The van der Waals surface area contributed by atoms with Crippen molar-refractivity contribution in [2.24, 2.45) is 0 Å². The molecule has 0 aliphatic rings. The second-order valence-corrected chi connectivity index (χ2v) is 5.41. The van der Waals surface area contributed by atoms with Gasteiger partial charge in [0.05, 0.1) is 17.3 Å². The summed E-state index contributed by atoms with van der Waals surface area (Å²) in [5.41, 5.74) is 3.35. The fraction of sp³-hybridized carbons (Fsp3) is 0.375. The third-order valence-electron chi connectivity index (χ3n) is 3.62. The van der Waals surface area contributed by atoms with Crippen LogP contribution in [0.5, 0.6) is 0 Å². The number of H-pyrrole nitrogens is 1. The maximum Gasteiger partial charge on any atom is 0.255 e. The van der Waals surface area contributed by atoms with Crippen molar-refractivity contribution in [3.05, 3.63) is 52.8 Å². The van der Waals surface area contributed by atoms with Gasteiger partial charge in [-0.25, -0.2) is 0 Å². The molecule has 0 radical (unpaired) electrons. The normalized spacial score (nSPS) is 12.4. The summed E-state index contributed by atoms with van der Waals surface area (Å²) in [6.45, 7) is 4.24. The molecule has 112 valence electrons. The van der Waals surface area contributed by atoms with Gasteiger partial charge in [-0.2, -0.15) is 5.10 Å². The zero-order valence-electron chi connectivity index (χ0n) is 13.0. The quantitative estimate of drug-likeness (QED) is 0.884. The monoisotopic (exact) mass is 286 g/mol. The molecule has 5 nitrogen and oxygen atoms in total. The maximum atomic E-state index is 12.3. The summed E-state index contributed by atoms with van der Waals surface area (Å²) in [7, 11) is 4.02. The number of aromatic amines is 1. The van der Waals surface area contributed by atoms with Crippen molar-refractivity contribution >= 4 is 5.91 Å². The Morgan fingerprint density at radius 2 is 1.95 bits per heavy atom. The van der Waals surface area contributed by atoms with E-state index in [4.69, 9.17) is 0 Å². The standard InChI is InChI=1S/C16H22N4O/c1-11-15(12(2)19-18-11)16(21)17-10-14(20(3)4)13-8-6-5-7-9-13/h5-9,14H,10H2,1-4H3,(H,17,21)(H,18,19). The van der Waals surface area contributed by atoms with Gasteiger partial charge in [-0.1, -0.05) is 30.3 Å². The van der Waals surface area contributed by atoms with Crippen LogP contribution in [0.25, 0.3) is 0 Å². The molecule has 1 unspecified atom stereocenters. The number of nitrogens with one attached hydrogen (secondary N) is 2. The van der Waals surface area contributed by atoms with Gasteiger partial charge >= 0.3 is 0 Å². The molecule has 0 aliphatic carbocycles. The van der Waals surface area contributed by atoms with Gasteiger partial charge in [0.2, 0.25) is 0 Å².